The third-order valence-corrected chi connectivity index (χ3v) is 4.86. The normalized spacial score (nSPS) is 13.6. The Balaban J connectivity index is 1.81. The number of hydrogen-bond donors (Lipinski definition) is 1. The van der Waals surface area contributed by atoms with Crippen LogP contribution in [-0.4, -0.2) is 48.3 Å². The van der Waals surface area contributed by atoms with Crippen LogP contribution in [0, 0.1) is 0 Å². The summed E-state index contributed by atoms with van der Waals surface area (Å²) in [6, 6.07) is 6.94. The number of hydrogen-bond acceptors (Lipinski definition) is 5. The number of rotatable bonds is 5. The molecule has 3 rings (SSSR count). The molecule has 0 saturated carbocycles. The molecule has 2 aromatic rings. The van der Waals surface area contributed by atoms with Crippen LogP contribution >= 0.6 is 23.8 Å². The number of carbonyl (C=O) groups excluding carboxylic acids is 1. The molecule has 2 heterocycles. The summed E-state index contributed by atoms with van der Waals surface area (Å²) in [7, 11) is 2.96. The highest BCUT2D eigenvalue weighted by Gasteiger charge is 2.33. The lowest BCUT2D eigenvalue weighted by Crippen LogP contribution is -2.49. The van der Waals surface area contributed by atoms with Crippen LogP contribution < -0.4 is 14.8 Å². The van der Waals surface area contributed by atoms with Crippen molar-refractivity contribution in [3.8, 4) is 11.5 Å². The van der Waals surface area contributed by atoms with Crippen LogP contribution in [0.2, 0.25) is 5.02 Å². The number of amides is 1. The Morgan fingerprint density at radius 2 is 2.04 bits per heavy atom. The van der Waals surface area contributed by atoms with E-state index in [0.717, 1.165) is 12.2 Å². The molecule has 1 aliphatic rings. The standard InChI is InChI=1S/C18H20ClN3O4S/c1-24-14-7-6-13(19)16(25-2)15(14)17(23)21-8-4-9-22(21)18(27)20-11-12-5-3-10-26-12/h3,5-7,10H,4,8-9,11H2,1-2H3,(H,20,27). The lowest BCUT2D eigenvalue weighted by molar-refractivity contribution is 0.0484. The van der Waals surface area contributed by atoms with Gasteiger partial charge in [-0.3, -0.25) is 9.80 Å². The fraction of sp³-hybridized carbons (Fsp3) is 0.333. The van der Waals surface area contributed by atoms with Crippen molar-refractivity contribution in [3.63, 3.8) is 0 Å². The second-order valence-corrected chi connectivity index (χ2v) is 6.59. The summed E-state index contributed by atoms with van der Waals surface area (Å²) in [4.78, 5) is 13.3. The van der Waals surface area contributed by atoms with Crippen LogP contribution in [0.4, 0.5) is 0 Å². The molecule has 0 radical (unpaired) electrons. The van der Waals surface area contributed by atoms with E-state index < -0.39 is 0 Å². The molecule has 0 bridgehead atoms. The molecule has 0 atom stereocenters. The molecule has 7 nitrogen and oxygen atoms in total. The van der Waals surface area contributed by atoms with Crippen LogP contribution in [0.25, 0.3) is 0 Å². The monoisotopic (exact) mass is 409 g/mol. The molecular formula is C18H20ClN3O4S. The summed E-state index contributed by atoms with van der Waals surface area (Å²) in [5, 5.41) is 7.21. The van der Waals surface area contributed by atoms with Crippen LogP contribution in [0.5, 0.6) is 11.5 Å². The Kier molecular flexibility index (Phi) is 6.08. The number of nitrogens with one attached hydrogen (secondary N) is 1. The van der Waals surface area contributed by atoms with Crippen molar-refractivity contribution in [2.75, 3.05) is 27.3 Å². The number of ether oxygens (including phenoxy) is 2. The summed E-state index contributed by atoms with van der Waals surface area (Å²) < 4.78 is 16.0. The highest BCUT2D eigenvalue weighted by atomic mass is 35.5. The van der Waals surface area contributed by atoms with Crippen LogP contribution in [-0.2, 0) is 6.54 Å². The fourth-order valence-corrected chi connectivity index (χ4v) is 3.44. The summed E-state index contributed by atoms with van der Waals surface area (Å²) in [5.74, 6) is 1.14. The number of benzene rings is 1. The van der Waals surface area contributed by atoms with Crippen molar-refractivity contribution in [3.05, 3.63) is 46.9 Å². The van der Waals surface area contributed by atoms with Crippen molar-refractivity contribution in [2.24, 2.45) is 0 Å². The topological polar surface area (TPSA) is 67.2 Å². The second kappa shape index (κ2) is 8.49. The summed E-state index contributed by atoms with van der Waals surface area (Å²) in [5.41, 5.74) is 0.272. The third-order valence-electron chi connectivity index (χ3n) is 4.20. The Bertz CT molecular complexity index is 828. The first-order chi connectivity index (χ1) is 13.1. The van der Waals surface area contributed by atoms with Crippen LogP contribution in [0.15, 0.2) is 34.9 Å². The largest absolute Gasteiger partial charge is 0.496 e. The van der Waals surface area contributed by atoms with Gasteiger partial charge in [0.2, 0.25) is 0 Å². The molecule has 1 aliphatic heterocycles. The van der Waals surface area contributed by atoms with Gasteiger partial charge in [-0.05, 0) is 42.9 Å². The van der Waals surface area contributed by atoms with Gasteiger partial charge in [-0.15, -0.1) is 0 Å². The van der Waals surface area contributed by atoms with Gasteiger partial charge in [0.05, 0.1) is 32.1 Å². The van der Waals surface area contributed by atoms with Crippen LogP contribution in [0.1, 0.15) is 22.5 Å². The van der Waals surface area contributed by atoms with Crippen molar-refractivity contribution in [1.82, 2.24) is 15.3 Å². The molecule has 0 unspecified atom stereocenters. The number of thiocarbonyl (C=S) groups is 1. The molecule has 1 N–H and O–H groups in total. The molecule has 144 valence electrons. The van der Waals surface area contributed by atoms with E-state index in [-0.39, 0.29) is 17.2 Å². The van der Waals surface area contributed by atoms with Gasteiger partial charge in [0.25, 0.3) is 5.91 Å². The molecule has 27 heavy (non-hydrogen) atoms. The van der Waals surface area contributed by atoms with Gasteiger partial charge in [-0.25, -0.2) is 5.01 Å². The maximum absolute atomic E-state index is 13.3. The Labute approximate surface area is 167 Å². The minimum absolute atomic E-state index is 0.272. The van der Waals surface area contributed by atoms with Gasteiger partial charge >= 0.3 is 0 Å². The Morgan fingerprint density at radius 1 is 1.26 bits per heavy atom. The van der Waals surface area contributed by atoms with Gasteiger partial charge in [-0.1, -0.05) is 11.6 Å². The number of halogens is 1. The van der Waals surface area contributed by atoms with Gasteiger partial charge in [0, 0.05) is 13.1 Å². The molecule has 1 amide bonds. The number of nitrogens with zero attached hydrogens (tertiary/aromatic N) is 2. The zero-order valence-corrected chi connectivity index (χ0v) is 16.6. The van der Waals surface area contributed by atoms with E-state index >= 15 is 0 Å². The van der Waals surface area contributed by atoms with Crippen molar-refractivity contribution in [2.45, 2.75) is 13.0 Å². The fourth-order valence-electron chi connectivity index (χ4n) is 2.94. The molecule has 1 aromatic heterocycles. The number of methoxy groups -OCH3 is 2. The van der Waals surface area contributed by atoms with Gasteiger partial charge in [0.15, 0.2) is 10.9 Å². The van der Waals surface area contributed by atoms with E-state index in [4.69, 9.17) is 37.7 Å². The summed E-state index contributed by atoms with van der Waals surface area (Å²) >= 11 is 11.7. The summed E-state index contributed by atoms with van der Waals surface area (Å²) in [6.07, 6.45) is 2.39. The molecule has 9 heteroatoms. The molecule has 1 aromatic carbocycles. The Morgan fingerprint density at radius 3 is 2.70 bits per heavy atom. The number of furan rings is 1. The van der Waals surface area contributed by atoms with Gasteiger partial charge in [0.1, 0.15) is 17.1 Å². The van der Waals surface area contributed by atoms with E-state index in [9.17, 15) is 4.79 Å². The van der Waals surface area contributed by atoms with E-state index in [1.807, 2.05) is 12.1 Å². The highest BCUT2D eigenvalue weighted by Crippen LogP contribution is 2.37. The summed E-state index contributed by atoms with van der Waals surface area (Å²) in [6.45, 7) is 1.59. The zero-order valence-electron chi connectivity index (χ0n) is 15.0. The number of carbonyl (C=O) groups is 1. The zero-order chi connectivity index (χ0) is 19.4. The van der Waals surface area contributed by atoms with Crippen molar-refractivity contribution < 1.29 is 18.7 Å². The van der Waals surface area contributed by atoms with Crippen LogP contribution in [0.3, 0.4) is 0 Å². The van der Waals surface area contributed by atoms with E-state index in [1.165, 1.54) is 14.2 Å². The van der Waals surface area contributed by atoms with Crippen molar-refractivity contribution >= 4 is 34.8 Å². The predicted molar refractivity (Wildman–Crippen MR) is 105 cm³/mol. The first-order valence-corrected chi connectivity index (χ1v) is 9.15. The lowest BCUT2D eigenvalue weighted by atomic mass is 10.1. The molecule has 1 saturated heterocycles. The predicted octanol–water partition coefficient (Wildman–Crippen LogP) is 3.09. The average molecular weight is 410 g/mol. The first-order valence-electron chi connectivity index (χ1n) is 8.36. The first kappa shape index (κ1) is 19.3. The lowest BCUT2D eigenvalue weighted by Gasteiger charge is -2.31. The maximum atomic E-state index is 13.3. The van der Waals surface area contributed by atoms with E-state index in [0.29, 0.717) is 35.5 Å². The van der Waals surface area contributed by atoms with E-state index in [2.05, 4.69) is 5.32 Å². The molecule has 1 fully saturated rings. The quantitative estimate of drug-likeness (QED) is 0.761. The third kappa shape index (κ3) is 3.96. The molecule has 0 spiro atoms. The molecular weight excluding hydrogens is 390 g/mol. The van der Waals surface area contributed by atoms with Crippen molar-refractivity contribution in [1.29, 1.82) is 0 Å². The highest BCUT2D eigenvalue weighted by molar-refractivity contribution is 7.80. The van der Waals surface area contributed by atoms with Gasteiger partial charge < -0.3 is 19.2 Å². The SMILES string of the molecule is COc1ccc(Cl)c(OC)c1C(=O)N1CCCN1C(=S)NCc1ccco1. The average Bonchev–Trinajstić information content (AvgIpc) is 3.37. The van der Waals surface area contributed by atoms with Gasteiger partial charge in [-0.2, -0.15) is 0 Å². The Hall–Kier alpha value is -2.45. The maximum Gasteiger partial charge on any atom is 0.280 e. The smallest absolute Gasteiger partial charge is 0.280 e. The molecule has 0 aliphatic carbocycles. The van der Waals surface area contributed by atoms with E-state index in [1.54, 1.807) is 28.4 Å². The minimum Gasteiger partial charge on any atom is -0.496 e. The minimum atomic E-state index is -0.286. The second-order valence-electron chi connectivity index (χ2n) is 5.80. The number of hydrazine groups is 1.